The second-order valence-corrected chi connectivity index (χ2v) is 8.01. The number of carbonyl (C=O) groups is 2. The van der Waals surface area contributed by atoms with Gasteiger partial charge in [0.1, 0.15) is 0 Å². The molecule has 0 spiro atoms. The van der Waals surface area contributed by atoms with Crippen LogP contribution in [0, 0.1) is 5.92 Å². The Morgan fingerprint density at radius 2 is 1.95 bits per heavy atom. The van der Waals surface area contributed by atoms with Gasteiger partial charge in [-0.15, -0.1) is 0 Å². The van der Waals surface area contributed by atoms with Crippen LogP contribution in [0.5, 0.6) is 0 Å². The molecule has 1 aromatic carbocycles. The third-order valence-corrected chi connectivity index (χ3v) is 5.89. The van der Waals surface area contributed by atoms with Crippen LogP contribution in [-0.4, -0.2) is 38.3 Å². The number of hydrogen-bond acceptors (Lipinski definition) is 4. The molecule has 7 heteroatoms. The van der Waals surface area contributed by atoms with Crippen molar-refractivity contribution in [3.8, 4) is 0 Å². The maximum Gasteiger partial charge on any atom is 0.228 e. The number of benzene rings is 1. The molecule has 1 N–H and O–H groups in total. The number of sulfone groups is 1. The molecule has 0 aliphatic carbocycles. The van der Waals surface area contributed by atoms with Gasteiger partial charge in [0.2, 0.25) is 11.8 Å². The molecule has 0 aromatic heterocycles. The van der Waals surface area contributed by atoms with Crippen LogP contribution in [0.3, 0.4) is 0 Å². The summed E-state index contributed by atoms with van der Waals surface area (Å²) in [5.74, 6) is -0.593. The lowest BCUT2D eigenvalue weighted by molar-refractivity contribution is -0.119. The van der Waals surface area contributed by atoms with E-state index in [1.165, 1.54) is 0 Å². The molecule has 22 heavy (non-hydrogen) atoms. The van der Waals surface area contributed by atoms with Crippen molar-refractivity contribution in [1.82, 2.24) is 0 Å². The summed E-state index contributed by atoms with van der Waals surface area (Å²) in [7, 11) is -3.06. The lowest BCUT2D eigenvalue weighted by Gasteiger charge is -2.16. The van der Waals surface area contributed by atoms with Crippen molar-refractivity contribution in [3.05, 3.63) is 24.3 Å². The van der Waals surface area contributed by atoms with E-state index in [0.29, 0.717) is 18.5 Å². The first kappa shape index (κ1) is 15.0. The zero-order valence-corrected chi connectivity index (χ0v) is 12.9. The third kappa shape index (κ3) is 3.14. The predicted molar refractivity (Wildman–Crippen MR) is 83.4 cm³/mol. The molecule has 2 heterocycles. The zero-order valence-electron chi connectivity index (χ0n) is 12.1. The van der Waals surface area contributed by atoms with Gasteiger partial charge in [-0.3, -0.25) is 9.59 Å². The second-order valence-electron chi connectivity index (χ2n) is 5.79. The van der Waals surface area contributed by atoms with Crippen molar-refractivity contribution in [1.29, 1.82) is 0 Å². The van der Waals surface area contributed by atoms with E-state index < -0.39 is 15.8 Å². The summed E-state index contributed by atoms with van der Waals surface area (Å²) in [5, 5.41) is 2.74. The Morgan fingerprint density at radius 3 is 2.50 bits per heavy atom. The highest BCUT2D eigenvalue weighted by molar-refractivity contribution is 7.91. The molecule has 1 aromatic rings. The van der Waals surface area contributed by atoms with Gasteiger partial charge in [-0.05, 0) is 37.1 Å². The summed E-state index contributed by atoms with van der Waals surface area (Å²) in [6.45, 7) is 0.727. The number of amides is 2. The smallest absolute Gasteiger partial charge is 0.228 e. The van der Waals surface area contributed by atoms with Gasteiger partial charge in [0.05, 0.1) is 17.4 Å². The molecule has 2 aliphatic rings. The van der Waals surface area contributed by atoms with Crippen molar-refractivity contribution >= 4 is 33.0 Å². The zero-order chi connectivity index (χ0) is 15.7. The summed E-state index contributed by atoms with van der Waals surface area (Å²) in [5.41, 5.74) is 1.44. The third-order valence-electron chi connectivity index (χ3n) is 4.12. The largest absolute Gasteiger partial charge is 0.326 e. The Morgan fingerprint density at radius 1 is 1.23 bits per heavy atom. The first-order valence-electron chi connectivity index (χ1n) is 7.36. The second kappa shape index (κ2) is 5.72. The quantitative estimate of drug-likeness (QED) is 0.906. The first-order chi connectivity index (χ1) is 10.4. The van der Waals surface area contributed by atoms with E-state index in [9.17, 15) is 18.0 Å². The van der Waals surface area contributed by atoms with Gasteiger partial charge in [-0.1, -0.05) is 0 Å². The summed E-state index contributed by atoms with van der Waals surface area (Å²) in [4.78, 5) is 25.5. The predicted octanol–water partition coefficient (Wildman–Crippen LogP) is 1.19. The molecule has 0 saturated carbocycles. The Labute approximate surface area is 129 Å². The fourth-order valence-corrected chi connectivity index (χ4v) is 4.63. The summed E-state index contributed by atoms with van der Waals surface area (Å²) >= 11 is 0. The van der Waals surface area contributed by atoms with E-state index in [0.717, 1.165) is 18.7 Å². The number of anilines is 2. The van der Waals surface area contributed by atoms with Crippen LogP contribution in [0.25, 0.3) is 0 Å². The minimum atomic E-state index is -3.06. The Bertz CT molecular complexity index is 697. The molecule has 3 rings (SSSR count). The van der Waals surface area contributed by atoms with E-state index >= 15 is 0 Å². The van der Waals surface area contributed by atoms with Crippen molar-refractivity contribution in [2.75, 3.05) is 28.3 Å². The molecular weight excluding hydrogens is 304 g/mol. The van der Waals surface area contributed by atoms with Crippen molar-refractivity contribution in [2.24, 2.45) is 5.92 Å². The molecule has 2 amide bonds. The van der Waals surface area contributed by atoms with Crippen LogP contribution in [0.2, 0.25) is 0 Å². The highest BCUT2D eigenvalue weighted by Crippen LogP contribution is 2.24. The maximum atomic E-state index is 12.1. The van der Waals surface area contributed by atoms with E-state index in [1.54, 1.807) is 29.2 Å². The minimum Gasteiger partial charge on any atom is -0.326 e. The maximum absolute atomic E-state index is 12.1. The van der Waals surface area contributed by atoms with E-state index in [2.05, 4.69) is 5.32 Å². The number of rotatable bonds is 3. The monoisotopic (exact) mass is 322 g/mol. The Hall–Kier alpha value is -1.89. The molecule has 0 bridgehead atoms. The number of hydrogen-bond donors (Lipinski definition) is 1. The first-order valence-corrected chi connectivity index (χ1v) is 9.18. The van der Waals surface area contributed by atoms with Gasteiger partial charge < -0.3 is 10.2 Å². The van der Waals surface area contributed by atoms with Gasteiger partial charge in [-0.2, -0.15) is 0 Å². The molecule has 0 radical (unpaired) electrons. The van der Waals surface area contributed by atoms with Crippen LogP contribution in [0.4, 0.5) is 11.4 Å². The fourth-order valence-electron chi connectivity index (χ4n) is 2.89. The lowest BCUT2D eigenvalue weighted by atomic mass is 10.1. The molecular formula is C15H18N2O4S. The molecule has 2 aliphatic heterocycles. The molecule has 6 nitrogen and oxygen atoms in total. The fraction of sp³-hybridized carbons (Fsp3) is 0.467. The van der Waals surface area contributed by atoms with Gasteiger partial charge in [0.25, 0.3) is 0 Å². The van der Waals surface area contributed by atoms with Crippen LogP contribution < -0.4 is 10.2 Å². The van der Waals surface area contributed by atoms with E-state index in [-0.39, 0.29) is 23.3 Å². The molecule has 2 fully saturated rings. The summed E-state index contributed by atoms with van der Waals surface area (Å²) in [6, 6.07) is 7.07. The summed E-state index contributed by atoms with van der Waals surface area (Å²) in [6.07, 6.45) is 1.83. The van der Waals surface area contributed by atoms with Crippen molar-refractivity contribution < 1.29 is 18.0 Å². The lowest BCUT2D eigenvalue weighted by Crippen LogP contribution is -2.24. The molecule has 0 unspecified atom stereocenters. The highest BCUT2D eigenvalue weighted by Gasteiger charge is 2.33. The standard InChI is InChI=1S/C15H18N2O4S/c18-14-2-1-8-17(14)13-5-3-12(4-6-13)16-15(19)11-7-9-22(20,21)10-11/h3-6,11H,1-2,7-10H2,(H,16,19)/t11-/m0/s1. The molecule has 2 saturated heterocycles. The number of nitrogens with zero attached hydrogens (tertiary/aromatic N) is 1. The van der Waals surface area contributed by atoms with Crippen molar-refractivity contribution in [2.45, 2.75) is 19.3 Å². The normalized spacial score (nSPS) is 23.7. The average molecular weight is 322 g/mol. The van der Waals surface area contributed by atoms with Crippen LogP contribution in [-0.2, 0) is 19.4 Å². The average Bonchev–Trinajstić information content (AvgIpc) is 3.05. The minimum absolute atomic E-state index is 0.0702. The number of nitrogens with one attached hydrogen (secondary N) is 1. The van der Waals surface area contributed by atoms with Gasteiger partial charge in [0, 0.05) is 24.3 Å². The van der Waals surface area contributed by atoms with Gasteiger partial charge >= 0.3 is 0 Å². The SMILES string of the molecule is O=C(Nc1ccc(N2CCCC2=O)cc1)[C@H]1CCS(=O)(=O)C1. The van der Waals surface area contributed by atoms with Gasteiger partial charge in [-0.25, -0.2) is 8.42 Å². The topological polar surface area (TPSA) is 83.6 Å². The molecule has 1 atom stereocenters. The Balaban J connectivity index is 1.64. The van der Waals surface area contributed by atoms with E-state index in [4.69, 9.17) is 0 Å². The van der Waals surface area contributed by atoms with Crippen LogP contribution in [0.1, 0.15) is 19.3 Å². The summed E-state index contributed by atoms with van der Waals surface area (Å²) < 4.78 is 22.8. The van der Waals surface area contributed by atoms with Gasteiger partial charge in [0.15, 0.2) is 9.84 Å². The molecule has 118 valence electrons. The van der Waals surface area contributed by atoms with Crippen molar-refractivity contribution in [3.63, 3.8) is 0 Å². The Kier molecular flexibility index (Phi) is 3.90. The van der Waals surface area contributed by atoms with E-state index in [1.807, 2.05) is 0 Å². The van der Waals surface area contributed by atoms with Crippen LogP contribution >= 0.6 is 0 Å². The highest BCUT2D eigenvalue weighted by atomic mass is 32.2. The number of carbonyl (C=O) groups excluding carboxylic acids is 2. The van der Waals surface area contributed by atoms with Crippen LogP contribution in [0.15, 0.2) is 24.3 Å².